The summed E-state index contributed by atoms with van der Waals surface area (Å²) in [7, 11) is -1.11. The Morgan fingerprint density at radius 3 is 2.59 bits per heavy atom. The second-order valence-electron chi connectivity index (χ2n) is 4.80. The first-order valence-corrected chi connectivity index (χ1v) is 8.56. The number of aliphatic hydroxyl groups is 1. The molecule has 1 amide bonds. The van der Waals surface area contributed by atoms with E-state index in [0.717, 1.165) is 0 Å². The lowest BCUT2D eigenvalue weighted by Gasteiger charge is -2.12. The van der Waals surface area contributed by atoms with Crippen LogP contribution in [0.3, 0.4) is 0 Å². The van der Waals surface area contributed by atoms with Crippen molar-refractivity contribution in [3.8, 4) is 0 Å². The van der Waals surface area contributed by atoms with Crippen LogP contribution in [0.2, 0.25) is 5.02 Å². The van der Waals surface area contributed by atoms with Crippen molar-refractivity contribution >= 4 is 34.0 Å². The highest BCUT2D eigenvalue weighted by Gasteiger charge is 2.13. The highest BCUT2D eigenvalue weighted by Crippen LogP contribution is 2.20. The molecule has 0 aliphatic rings. The maximum atomic E-state index is 12.0. The Kier molecular flexibility index (Phi) is 5.71. The molecule has 0 spiro atoms. The molecule has 2 aromatic rings. The molecule has 0 aliphatic carbocycles. The molecule has 0 unspecified atom stereocenters. The number of hydrogen-bond acceptors (Lipinski definition) is 3. The molecule has 6 heteroatoms. The van der Waals surface area contributed by atoms with Crippen LogP contribution >= 0.6 is 11.6 Å². The molecular weight excluding hydrogens is 322 g/mol. The Morgan fingerprint density at radius 2 is 1.95 bits per heavy atom. The van der Waals surface area contributed by atoms with Crippen LogP contribution in [0, 0.1) is 0 Å². The molecule has 0 aromatic heterocycles. The third kappa shape index (κ3) is 4.66. The maximum Gasteiger partial charge on any atom is 0.227 e. The molecule has 116 valence electrons. The quantitative estimate of drug-likeness (QED) is 0.880. The summed E-state index contributed by atoms with van der Waals surface area (Å²) in [5, 5.41) is 13.3. The van der Waals surface area contributed by atoms with Crippen LogP contribution < -0.4 is 5.32 Å². The number of halogens is 1. The third-order valence-corrected chi connectivity index (χ3v) is 4.25. The van der Waals surface area contributed by atoms with Crippen LogP contribution in [0.1, 0.15) is 18.1 Å². The first kappa shape index (κ1) is 16.7. The van der Waals surface area contributed by atoms with Gasteiger partial charge < -0.3 is 10.4 Å². The van der Waals surface area contributed by atoms with Gasteiger partial charge >= 0.3 is 0 Å². The number of hydrogen-bond donors (Lipinski definition) is 2. The molecule has 4 nitrogen and oxygen atoms in total. The van der Waals surface area contributed by atoms with Gasteiger partial charge in [-0.1, -0.05) is 29.8 Å². The van der Waals surface area contributed by atoms with Gasteiger partial charge in [-0.2, -0.15) is 0 Å². The highest BCUT2D eigenvalue weighted by atomic mass is 35.5. The zero-order valence-corrected chi connectivity index (χ0v) is 13.5. The fourth-order valence-electron chi connectivity index (χ4n) is 1.94. The summed E-state index contributed by atoms with van der Waals surface area (Å²) in [4.78, 5) is 12.6. The standard InChI is InChI=1S/C16H16ClNO3S/c1-22(21)14-4-2-3-13(9-14)18-16(20)10-15(19)11-5-7-12(17)8-6-11/h2-9,15,19H,10H2,1H3,(H,18,20)/t15-,22-/m0/s1. The average Bonchev–Trinajstić information content (AvgIpc) is 2.47. The summed E-state index contributed by atoms with van der Waals surface area (Å²) in [6, 6.07) is 13.5. The fourth-order valence-corrected chi connectivity index (χ4v) is 2.63. The molecule has 2 aromatic carbocycles. The largest absolute Gasteiger partial charge is 0.388 e. The SMILES string of the molecule is C[S@](=O)c1cccc(NC(=O)C[C@H](O)c2ccc(Cl)cc2)c1. The zero-order chi connectivity index (χ0) is 16.1. The summed E-state index contributed by atoms with van der Waals surface area (Å²) in [5.41, 5.74) is 1.18. The van der Waals surface area contributed by atoms with Gasteiger partial charge in [-0.15, -0.1) is 0 Å². The minimum atomic E-state index is -1.11. The van der Waals surface area contributed by atoms with Crippen molar-refractivity contribution in [1.29, 1.82) is 0 Å². The van der Waals surface area contributed by atoms with Crippen LogP contribution in [0.15, 0.2) is 53.4 Å². The summed E-state index contributed by atoms with van der Waals surface area (Å²) in [6.07, 6.45) is 0.604. The van der Waals surface area contributed by atoms with Crippen molar-refractivity contribution in [2.45, 2.75) is 17.4 Å². The van der Waals surface area contributed by atoms with Gasteiger partial charge in [-0.05, 0) is 35.9 Å². The first-order valence-electron chi connectivity index (χ1n) is 6.62. The molecule has 0 bridgehead atoms. The number of amides is 1. The van der Waals surface area contributed by atoms with Gasteiger partial charge in [0, 0.05) is 32.7 Å². The molecule has 22 heavy (non-hydrogen) atoms. The Hall–Kier alpha value is -1.69. The van der Waals surface area contributed by atoms with Gasteiger partial charge in [0.05, 0.1) is 12.5 Å². The molecule has 0 saturated carbocycles. The van der Waals surface area contributed by atoms with E-state index in [0.29, 0.717) is 21.2 Å². The number of carbonyl (C=O) groups excluding carboxylic acids is 1. The molecule has 0 radical (unpaired) electrons. The number of carbonyl (C=O) groups is 1. The lowest BCUT2D eigenvalue weighted by molar-refractivity contribution is -0.118. The molecule has 0 heterocycles. The van der Waals surface area contributed by atoms with Crippen molar-refractivity contribution < 1.29 is 14.1 Å². The maximum absolute atomic E-state index is 12.0. The average molecular weight is 338 g/mol. The Labute approximate surface area is 136 Å². The Bertz CT molecular complexity index is 688. The van der Waals surface area contributed by atoms with Crippen LogP contribution in [0.25, 0.3) is 0 Å². The normalized spacial score (nSPS) is 13.4. The van der Waals surface area contributed by atoms with Gasteiger partial charge in [0.25, 0.3) is 0 Å². The summed E-state index contributed by atoms with van der Waals surface area (Å²) >= 11 is 5.78. The van der Waals surface area contributed by atoms with Crippen molar-refractivity contribution in [3.05, 3.63) is 59.1 Å². The fraction of sp³-hybridized carbons (Fsp3) is 0.188. The van der Waals surface area contributed by atoms with E-state index in [9.17, 15) is 14.1 Å². The minimum absolute atomic E-state index is 0.0684. The predicted molar refractivity (Wildman–Crippen MR) is 88.4 cm³/mol. The van der Waals surface area contributed by atoms with Crippen molar-refractivity contribution in [2.75, 3.05) is 11.6 Å². The lowest BCUT2D eigenvalue weighted by Crippen LogP contribution is -2.15. The molecule has 0 aliphatic heterocycles. The summed E-state index contributed by atoms with van der Waals surface area (Å²) in [5.74, 6) is -0.318. The molecule has 0 fully saturated rings. The van der Waals surface area contributed by atoms with Gasteiger partial charge in [0.2, 0.25) is 5.91 Å². The molecule has 2 atom stereocenters. The summed E-state index contributed by atoms with van der Waals surface area (Å²) < 4.78 is 11.4. The van der Waals surface area contributed by atoms with Crippen LogP contribution in [0.4, 0.5) is 5.69 Å². The van der Waals surface area contributed by atoms with Crippen LogP contribution in [-0.4, -0.2) is 21.5 Å². The van der Waals surface area contributed by atoms with E-state index in [-0.39, 0.29) is 12.3 Å². The van der Waals surface area contributed by atoms with E-state index < -0.39 is 16.9 Å². The van der Waals surface area contributed by atoms with E-state index >= 15 is 0 Å². The third-order valence-electron chi connectivity index (χ3n) is 3.08. The first-order chi connectivity index (χ1) is 10.5. The monoisotopic (exact) mass is 337 g/mol. The molecule has 0 saturated heterocycles. The Balaban J connectivity index is 1.99. The van der Waals surface area contributed by atoms with Crippen molar-refractivity contribution in [2.24, 2.45) is 0 Å². The highest BCUT2D eigenvalue weighted by molar-refractivity contribution is 7.84. The minimum Gasteiger partial charge on any atom is -0.388 e. The van der Waals surface area contributed by atoms with Gasteiger partial charge in [-0.3, -0.25) is 9.00 Å². The van der Waals surface area contributed by atoms with Crippen molar-refractivity contribution in [3.63, 3.8) is 0 Å². The number of nitrogens with one attached hydrogen (secondary N) is 1. The van der Waals surface area contributed by atoms with E-state index in [1.54, 1.807) is 54.8 Å². The second kappa shape index (κ2) is 7.54. The van der Waals surface area contributed by atoms with E-state index in [1.165, 1.54) is 0 Å². The van der Waals surface area contributed by atoms with Gasteiger partial charge in [-0.25, -0.2) is 0 Å². The summed E-state index contributed by atoms with van der Waals surface area (Å²) in [6.45, 7) is 0. The number of aliphatic hydroxyl groups excluding tert-OH is 1. The van der Waals surface area contributed by atoms with Crippen molar-refractivity contribution in [1.82, 2.24) is 0 Å². The van der Waals surface area contributed by atoms with Crippen LogP contribution in [0.5, 0.6) is 0 Å². The van der Waals surface area contributed by atoms with Gasteiger partial charge in [0.1, 0.15) is 0 Å². The second-order valence-corrected chi connectivity index (χ2v) is 6.62. The Morgan fingerprint density at radius 1 is 1.27 bits per heavy atom. The van der Waals surface area contributed by atoms with Crippen LogP contribution in [-0.2, 0) is 15.6 Å². The number of rotatable bonds is 5. The number of benzene rings is 2. The topological polar surface area (TPSA) is 66.4 Å². The predicted octanol–water partition coefficient (Wildman–Crippen LogP) is 3.14. The van der Waals surface area contributed by atoms with E-state index in [4.69, 9.17) is 11.6 Å². The molecule has 2 N–H and O–H groups in total. The number of anilines is 1. The zero-order valence-electron chi connectivity index (χ0n) is 12.0. The molecular formula is C16H16ClNO3S. The van der Waals surface area contributed by atoms with Gasteiger partial charge in [0.15, 0.2) is 0 Å². The smallest absolute Gasteiger partial charge is 0.227 e. The van der Waals surface area contributed by atoms with E-state index in [1.807, 2.05) is 0 Å². The molecule has 2 rings (SSSR count). The van der Waals surface area contributed by atoms with E-state index in [2.05, 4.69) is 5.32 Å². The lowest BCUT2D eigenvalue weighted by atomic mass is 10.1.